The molecule has 1 fully saturated rings. The summed E-state index contributed by atoms with van der Waals surface area (Å²) in [6.07, 6.45) is -9.32. The molecule has 24 heavy (non-hydrogen) atoms. The standard InChI is InChI=1S/C15H16F6N2O/c1-22-3-2-4-23(6-5-22)13(24)10-7-11(14(16,17)18)9-12(8-10)15(19,20)21/h7-9H,2-6H2,1H3. The fourth-order valence-corrected chi connectivity index (χ4v) is 2.51. The molecule has 0 saturated carbocycles. The number of alkyl halides is 6. The third kappa shape index (κ3) is 4.40. The molecule has 1 aliphatic rings. The van der Waals surface area contributed by atoms with Gasteiger partial charge in [-0.25, -0.2) is 0 Å². The molecule has 3 nitrogen and oxygen atoms in total. The molecule has 134 valence electrons. The monoisotopic (exact) mass is 354 g/mol. The van der Waals surface area contributed by atoms with Crippen molar-refractivity contribution >= 4 is 5.91 Å². The minimum Gasteiger partial charge on any atom is -0.337 e. The van der Waals surface area contributed by atoms with E-state index in [1.807, 2.05) is 11.9 Å². The molecule has 0 N–H and O–H groups in total. The number of rotatable bonds is 1. The first-order valence-electron chi connectivity index (χ1n) is 7.26. The molecule has 2 rings (SSSR count). The van der Waals surface area contributed by atoms with Gasteiger partial charge in [-0.1, -0.05) is 0 Å². The van der Waals surface area contributed by atoms with Gasteiger partial charge < -0.3 is 9.80 Å². The van der Waals surface area contributed by atoms with Crippen LogP contribution in [0.1, 0.15) is 27.9 Å². The van der Waals surface area contributed by atoms with Crippen molar-refractivity contribution in [2.75, 3.05) is 33.2 Å². The summed E-state index contributed by atoms with van der Waals surface area (Å²) >= 11 is 0. The molecule has 9 heteroatoms. The third-order valence-electron chi connectivity index (χ3n) is 3.84. The van der Waals surface area contributed by atoms with Gasteiger partial charge in [-0.2, -0.15) is 26.3 Å². The Labute approximate surface area is 134 Å². The van der Waals surface area contributed by atoms with E-state index >= 15 is 0 Å². The highest BCUT2D eigenvalue weighted by atomic mass is 19.4. The van der Waals surface area contributed by atoms with Crippen LogP contribution < -0.4 is 0 Å². The van der Waals surface area contributed by atoms with Crippen molar-refractivity contribution < 1.29 is 31.1 Å². The smallest absolute Gasteiger partial charge is 0.337 e. The number of hydrogen-bond donors (Lipinski definition) is 0. The van der Waals surface area contributed by atoms with Gasteiger partial charge in [0.25, 0.3) is 5.91 Å². The summed E-state index contributed by atoms with van der Waals surface area (Å²) in [6.45, 7) is 1.77. The fourth-order valence-electron chi connectivity index (χ4n) is 2.51. The lowest BCUT2D eigenvalue weighted by atomic mass is 10.0. The van der Waals surface area contributed by atoms with Crippen molar-refractivity contribution in [3.63, 3.8) is 0 Å². The average Bonchev–Trinajstić information content (AvgIpc) is 2.69. The van der Waals surface area contributed by atoms with Gasteiger partial charge in [0.15, 0.2) is 0 Å². The van der Waals surface area contributed by atoms with Gasteiger partial charge in [-0.05, 0) is 38.2 Å². The van der Waals surface area contributed by atoms with Crippen LogP contribution in [0.3, 0.4) is 0 Å². The van der Waals surface area contributed by atoms with Crippen LogP contribution in [0.2, 0.25) is 0 Å². The van der Waals surface area contributed by atoms with E-state index in [0.717, 1.165) is 0 Å². The van der Waals surface area contributed by atoms with Gasteiger partial charge in [0.05, 0.1) is 11.1 Å². The van der Waals surface area contributed by atoms with E-state index < -0.39 is 35.0 Å². The molecule has 0 aliphatic carbocycles. The van der Waals surface area contributed by atoms with E-state index in [-0.39, 0.29) is 12.6 Å². The van der Waals surface area contributed by atoms with Crippen molar-refractivity contribution in [1.29, 1.82) is 0 Å². The van der Waals surface area contributed by atoms with Crippen molar-refractivity contribution in [3.8, 4) is 0 Å². The number of halogens is 6. The highest BCUT2D eigenvalue weighted by molar-refractivity contribution is 5.94. The molecule has 1 aromatic carbocycles. The molecule has 1 saturated heterocycles. The van der Waals surface area contributed by atoms with Gasteiger partial charge in [-0.3, -0.25) is 4.79 Å². The predicted molar refractivity (Wildman–Crippen MR) is 74.5 cm³/mol. The van der Waals surface area contributed by atoms with Gasteiger partial charge in [0, 0.05) is 25.2 Å². The Hall–Kier alpha value is -1.77. The number of likely N-dealkylation sites (N-methyl/N-ethyl adjacent to an activating group) is 1. The summed E-state index contributed by atoms with van der Waals surface area (Å²) in [6, 6.07) is 0.978. The van der Waals surface area contributed by atoms with Crippen molar-refractivity contribution in [2.24, 2.45) is 0 Å². The normalized spacial score (nSPS) is 17.7. The third-order valence-corrected chi connectivity index (χ3v) is 3.84. The summed E-state index contributed by atoms with van der Waals surface area (Å²) < 4.78 is 77.2. The van der Waals surface area contributed by atoms with E-state index in [4.69, 9.17) is 0 Å². The lowest BCUT2D eigenvalue weighted by Gasteiger charge is -2.22. The number of carbonyl (C=O) groups excluding carboxylic acids is 1. The summed E-state index contributed by atoms with van der Waals surface area (Å²) in [7, 11) is 1.83. The Morgan fingerprint density at radius 3 is 1.92 bits per heavy atom. The topological polar surface area (TPSA) is 23.6 Å². The Bertz CT molecular complexity index is 579. The van der Waals surface area contributed by atoms with Crippen LogP contribution in [0.25, 0.3) is 0 Å². The highest BCUT2D eigenvalue weighted by Gasteiger charge is 2.38. The van der Waals surface area contributed by atoms with Gasteiger partial charge >= 0.3 is 12.4 Å². The maximum atomic E-state index is 12.9. The largest absolute Gasteiger partial charge is 0.416 e. The highest BCUT2D eigenvalue weighted by Crippen LogP contribution is 2.36. The first-order valence-corrected chi connectivity index (χ1v) is 7.26. The van der Waals surface area contributed by atoms with Crippen LogP contribution in [0.15, 0.2) is 18.2 Å². The minimum absolute atomic E-state index is 0.0208. The Balaban J connectivity index is 2.39. The molecule has 1 aromatic rings. The SMILES string of the molecule is CN1CCCN(C(=O)c2cc(C(F)(F)F)cc(C(F)(F)F)c2)CC1. The molecular formula is C15H16F6N2O. The van der Waals surface area contributed by atoms with Crippen molar-refractivity contribution in [2.45, 2.75) is 18.8 Å². The zero-order valence-corrected chi connectivity index (χ0v) is 12.8. The van der Waals surface area contributed by atoms with Crippen LogP contribution in [-0.4, -0.2) is 48.9 Å². The second-order valence-electron chi connectivity index (χ2n) is 5.74. The Morgan fingerprint density at radius 1 is 0.875 bits per heavy atom. The zero-order chi connectivity index (χ0) is 18.1. The summed E-state index contributed by atoms with van der Waals surface area (Å²) in [5, 5.41) is 0. The Morgan fingerprint density at radius 2 is 1.42 bits per heavy atom. The van der Waals surface area contributed by atoms with E-state index in [1.54, 1.807) is 0 Å². The molecule has 0 spiro atoms. The summed E-state index contributed by atoms with van der Waals surface area (Å²) in [5.41, 5.74) is -3.55. The number of nitrogens with zero attached hydrogens (tertiary/aromatic N) is 2. The molecule has 0 radical (unpaired) electrons. The number of benzene rings is 1. The predicted octanol–water partition coefficient (Wildman–Crippen LogP) is 3.50. The molecule has 1 amide bonds. The van der Waals surface area contributed by atoms with Crippen LogP contribution in [0.5, 0.6) is 0 Å². The quantitative estimate of drug-likeness (QED) is 0.721. The van der Waals surface area contributed by atoms with E-state index in [0.29, 0.717) is 38.2 Å². The van der Waals surface area contributed by atoms with Gasteiger partial charge in [0.1, 0.15) is 0 Å². The molecule has 0 atom stereocenters. The average molecular weight is 354 g/mol. The van der Waals surface area contributed by atoms with Crippen molar-refractivity contribution in [3.05, 3.63) is 34.9 Å². The number of carbonyl (C=O) groups is 1. The maximum Gasteiger partial charge on any atom is 0.416 e. The van der Waals surface area contributed by atoms with Crippen LogP contribution >= 0.6 is 0 Å². The second-order valence-corrected chi connectivity index (χ2v) is 5.74. The number of hydrogen-bond acceptors (Lipinski definition) is 2. The van der Waals surface area contributed by atoms with Gasteiger partial charge in [0.2, 0.25) is 0 Å². The zero-order valence-electron chi connectivity index (χ0n) is 12.8. The molecule has 1 aliphatic heterocycles. The van der Waals surface area contributed by atoms with Gasteiger partial charge in [-0.15, -0.1) is 0 Å². The summed E-state index contributed by atoms with van der Waals surface area (Å²) in [4.78, 5) is 15.6. The minimum atomic E-state index is -4.96. The van der Waals surface area contributed by atoms with E-state index in [1.165, 1.54) is 4.90 Å². The van der Waals surface area contributed by atoms with Crippen molar-refractivity contribution in [1.82, 2.24) is 9.80 Å². The lowest BCUT2D eigenvalue weighted by molar-refractivity contribution is -0.143. The van der Waals surface area contributed by atoms with E-state index in [9.17, 15) is 31.1 Å². The van der Waals surface area contributed by atoms with Crippen LogP contribution in [0.4, 0.5) is 26.3 Å². The first-order chi connectivity index (χ1) is 11.0. The van der Waals surface area contributed by atoms with Crippen LogP contribution in [-0.2, 0) is 12.4 Å². The maximum absolute atomic E-state index is 12.9. The van der Waals surface area contributed by atoms with Crippen LogP contribution in [0, 0.1) is 0 Å². The molecule has 0 unspecified atom stereocenters. The second kappa shape index (κ2) is 6.62. The first kappa shape index (κ1) is 18.6. The number of amides is 1. The molecular weight excluding hydrogens is 338 g/mol. The Kier molecular flexibility index (Phi) is 5.12. The fraction of sp³-hybridized carbons (Fsp3) is 0.533. The van der Waals surface area contributed by atoms with E-state index in [2.05, 4.69) is 0 Å². The molecule has 1 heterocycles. The summed E-state index contributed by atoms with van der Waals surface area (Å²) in [5.74, 6) is -0.818. The molecule has 0 bridgehead atoms. The molecule has 0 aromatic heterocycles. The lowest BCUT2D eigenvalue weighted by Crippen LogP contribution is -2.34.